The van der Waals surface area contributed by atoms with Crippen molar-refractivity contribution in [3.63, 3.8) is 0 Å². The molecule has 0 spiro atoms. The van der Waals surface area contributed by atoms with Gasteiger partial charge in [0.2, 0.25) is 11.1 Å². The van der Waals surface area contributed by atoms with Crippen LogP contribution in [0.2, 0.25) is 0 Å². The predicted octanol–water partition coefficient (Wildman–Crippen LogP) is 0.577. The number of H-pyrrole nitrogens is 1. The topological polar surface area (TPSA) is 106 Å². The fraction of sp³-hybridized carbons (Fsp3) is 0. The molecule has 0 aliphatic carbocycles. The second-order valence-corrected chi connectivity index (χ2v) is 4.45. The molecule has 0 saturated heterocycles. The third-order valence-electron chi connectivity index (χ3n) is 1.18. The van der Waals surface area contributed by atoms with Crippen molar-refractivity contribution in [1.82, 2.24) is 20.2 Å². The molecule has 2 rings (SSSR count). The number of aromatic amines is 1. The molecule has 0 atom stereocenters. The van der Waals surface area contributed by atoms with Crippen molar-refractivity contribution < 1.29 is 0 Å². The molecule has 2 aromatic rings. The molecular formula is C5H6N6S2. The molecule has 5 N–H and O–H groups in total. The van der Waals surface area contributed by atoms with E-state index in [2.05, 4.69) is 20.2 Å². The van der Waals surface area contributed by atoms with Gasteiger partial charge in [0.05, 0.1) is 10.4 Å². The van der Waals surface area contributed by atoms with Gasteiger partial charge in [0, 0.05) is 0 Å². The zero-order valence-electron chi connectivity index (χ0n) is 6.39. The first-order chi connectivity index (χ1) is 6.24. The largest absolute Gasteiger partial charge is 0.375 e. The molecule has 0 fully saturated rings. The van der Waals surface area contributed by atoms with Crippen molar-refractivity contribution in [3.05, 3.63) is 6.20 Å². The summed E-state index contributed by atoms with van der Waals surface area (Å²) in [5.41, 5.74) is 10.8. The number of aromatic nitrogens is 4. The summed E-state index contributed by atoms with van der Waals surface area (Å²) in [5.74, 6) is 0.306. The van der Waals surface area contributed by atoms with Gasteiger partial charge in [0.15, 0.2) is 5.13 Å². The summed E-state index contributed by atoms with van der Waals surface area (Å²) in [7, 11) is 0. The Labute approximate surface area is 81.8 Å². The highest BCUT2D eigenvalue weighted by Crippen LogP contribution is 2.30. The molecule has 0 amide bonds. The molecule has 0 saturated carbocycles. The summed E-state index contributed by atoms with van der Waals surface area (Å²) in [4.78, 5) is 7.83. The first-order valence-corrected chi connectivity index (χ1v) is 4.94. The minimum Gasteiger partial charge on any atom is -0.375 e. The van der Waals surface area contributed by atoms with Crippen LogP contribution in [0.25, 0.3) is 0 Å². The van der Waals surface area contributed by atoms with Gasteiger partial charge in [-0.05, 0) is 11.8 Å². The number of thiazole rings is 1. The summed E-state index contributed by atoms with van der Waals surface area (Å²) in [6.07, 6.45) is 1.68. The number of nitrogens with two attached hydrogens (primary N) is 2. The molecule has 68 valence electrons. The first-order valence-electron chi connectivity index (χ1n) is 3.31. The lowest BCUT2D eigenvalue weighted by Gasteiger charge is -1.86. The molecule has 0 unspecified atom stereocenters. The van der Waals surface area contributed by atoms with Crippen LogP contribution in [-0.2, 0) is 0 Å². The van der Waals surface area contributed by atoms with E-state index in [-0.39, 0.29) is 0 Å². The monoisotopic (exact) mass is 214 g/mol. The van der Waals surface area contributed by atoms with E-state index in [9.17, 15) is 0 Å². The molecule has 0 aliphatic rings. The van der Waals surface area contributed by atoms with Gasteiger partial charge in [-0.2, -0.15) is 4.98 Å². The molecule has 2 heterocycles. The number of nitrogens with one attached hydrogen (secondary N) is 1. The standard InChI is InChI=1S/C5H6N6S2/c6-3-9-5(11-10-3)13-2-1-8-4(7)12-2/h1H,(H2,7,8)(H3,6,9,10,11). The summed E-state index contributed by atoms with van der Waals surface area (Å²) >= 11 is 2.76. The predicted molar refractivity (Wildman–Crippen MR) is 51.4 cm³/mol. The average molecular weight is 214 g/mol. The van der Waals surface area contributed by atoms with E-state index < -0.39 is 0 Å². The van der Waals surface area contributed by atoms with Crippen LogP contribution in [-0.4, -0.2) is 20.2 Å². The quantitative estimate of drug-likeness (QED) is 0.675. The van der Waals surface area contributed by atoms with Gasteiger partial charge in [-0.1, -0.05) is 11.3 Å². The van der Waals surface area contributed by atoms with Gasteiger partial charge in [-0.15, -0.1) is 5.10 Å². The van der Waals surface area contributed by atoms with E-state index in [1.807, 2.05) is 0 Å². The van der Waals surface area contributed by atoms with Crippen molar-refractivity contribution in [1.29, 1.82) is 0 Å². The smallest absolute Gasteiger partial charge is 0.216 e. The van der Waals surface area contributed by atoms with Gasteiger partial charge in [-0.3, -0.25) is 0 Å². The number of nitrogen functional groups attached to an aromatic ring is 2. The second-order valence-electron chi connectivity index (χ2n) is 2.12. The number of nitrogens with zero attached hydrogens (tertiary/aromatic N) is 3. The fourth-order valence-corrected chi connectivity index (χ4v) is 2.30. The van der Waals surface area contributed by atoms with Crippen LogP contribution in [0, 0.1) is 0 Å². The van der Waals surface area contributed by atoms with Gasteiger partial charge in [0.1, 0.15) is 0 Å². The van der Waals surface area contributed by atoms with Gasteiger partial charge in [0.25, 0.3) is 0 Å². The highest BCUT2D eigenvalue weighted by Gasteiger charge is 2.05. The maximum atomic E-state index is 5.46. The molecule has 0 aliphatic heterocycles. The van der Waals surface area contributed by atoms with Crippen molar-refractivity contribution in [2.24, 2.45) is 0 Å². The highest BCUT2D eigenvalue weighted by molar-refractivity contribution is 8.01. The van der Waals surface area contributed by atoms with Crippen molar-refractivity contribution in [2.45, 2.75) is 9.37 Å². The Morgan fingerprint density at radius 2 is 2.31 bits per heavy atom. The maximum Gasteiger partial charge on any atom is 0.216 e. The Hall–Kier alpha value is -1.28. The summed E-state index contributed by atoms with van der Waals surface area (Å²) in [6, 6.07) is 0. The van der Waals surface area contributed by atoms with E-state index >= 15 is 0 Å². The highest BCUT2D eigenvalue weighted by atomic mass is 32.2. The van der Waals surface area contributed by atoms with Crippen molar-refractivity contribution in [3.8, 4) is 0 Å². The van der Waals surface area contributed by atoms with Crippen LogP contribution < -0.4 is 11.5 Å². The third-order valence-corrected chi connectivity index (χ3v) is 2.97. The molecule has 0 bridgehead atoms. The normalized spacial score (nSPS) is 10.5. The summed E-state index contributed by atoms with van der Waals surface area (Å²) < 4.78 is 0.941. The third kappa shape index (κ3) is 1.90. The second kappa shape index (κ2) is 3.23. The van der Waals surface area contributed by atoms with Gasteiger partial charge in [-0.25, -0.2) is 10.1 Å². The molecule has 8 heteroatoms. The molecular weight excluding hydrogens is 208 g/mol. The maximum absolute atomic E-state index is 5.46. The zero-order chi connectivity index (χ0) is 9.26. The Kier molecular flexibility index (Phi) is 2.07. The summed E-state index contributed by atoms with van der Waals surface area (Å²) in [5, 5.41) is 7.51. The molecule has 13 heavy (non-hydrogen) atoms. The van der Waals surface area contributed by atoms with E-state index in [0.29, 0.717) is 16.2 Å². The lowest BCUT2D eigenvalue weighted by Crippen LogP contribution is -1.84. The SMILES string of the molecule is Nc1nc(Sc2cnc(N)s2)n[nH]1. The van der Waals surface area contributed by atoms with Gasteiger partial charge >= 0.3 is 0 Å². The number of hydrogen-bond donors (Lipinski definition) is 3. The van der Waals surface area contributed by atoms with E-state index in [1.165, 1.54) is 23.1 Å². The number of rotatable bonds is 2. The van der Waals surface area contributed by atoms with E-state index in [1.54, 1.807) is 6.20 Å². The van der Waals surface area contributed by atoms with E-state index in [4.69, 9.17) is 11.5 Å². The molecule has 0 radical (unpaired) electrons. The average Bonchev–Trinajstić information content (AvgIpc) is 2.62. The van der Waals surface area contributed by atoms with E-state index in [0.717, 1.165) is 4.21 Å². The van der Waals surface area contributed by atoms with Crippen LogP contribution in [0.5, 0.6) is 0 Å². The Balaban J connectivity index is 2.14. The lowest BCUT2D eigenvalue weighted by atomic mass is 11.0. The fourth-order valence-electron chi connectivity index (χ4n) is 0.713. The van der Waals surface area contributed by atoms with Crippen LogP contribution in [0.4, 0.5) is 11.1 Å². The Bertz CT molecular complexity index is 368. The Morgan fingerprint density at radius 1 is 1.46 bits per heavy atom. The van der Waals surface area contributed by atoms with Crippen LogP contribution in [0.3, 0.4) is 0 Å². The molecule has 0 aromatic carbocycles. The summed E-state index contributed by atoms with van der Waals surface area (Å²) in [6.45, 7) is 0. The minimum atomic E-state index is 0.306. The first kappa shape index (κ1) is 8.32. The lowest BCUT2D eigenvalue weighted by molar-refractivity contribution is 0.975. The van der Waals surface area contributed by atoms with Crippen LogP contribution in [0.15, 0.2) is 15.6 Å². The van der Waals surface area contributed by atoms with Crippen LogP contribution in [0.1, 0.15) is 0 Å². The number of hydrogen-bond acceptors (Lipinski definition) is 7. The Morgan fingerprint density at radius 3 is 2.85 bits per heavy atom. The van der Waals surface area contributed by atoms with Crippen molar-refractivity contribution >= 4 is 34.2 Å². The molecule has 2 aromatic heterocycles. The van der Waals surface area contributed by atoms with Crippen molar-refractivity contribution in [2.75, 3.05) is 11.5 Å². The van der Waals surface area contributed by atoms with Crippen LogP contribution >= 0.6 is 23.1 Å². The number of anilines is 2. The minimum absolute atomic E-state index is 0.306. The molecule has 6 nitrogen and oxygen atoms in total. The zero-order valence-corrected chi connectivity index (χ0v) is 8.02. The van der Waals surface area contributed by atoms with Gasteiger partial charge < -0.3 is 11.5 Å².